The van der Waals surface area contributed by atoms with Crippen LogP contribution in [-0.4, -0.2) is 0 Å². The molecule has 75 heavy (non-hydrogen) atoms. The average molecular weight is 911 g/mol. The largest absolute Gasteiger partial charge is 0.0622 e. The first-order valence-corrected chi connectivity index (χ1v) is 28.1. The molecule has 0 heterocycles. The second-order valence-corrected chi connectivity index (χ2v) is 27.5. The SMILES string of the molecule is c1ccc(C2=C(c3ccccc3)C23C24c5c6c7c8c9c%10c(c%11c%12c2c2c5c5c%13c6c6c7c7c9c9c%14c%10c%10c%11c%11c%12c%12c2c2c5c5c%13c%13c6c6c7c9c7c9c%14c%10c%10c%11c%11c%12c2c2c5c5c%13c6c7c6c9c%10c%11c2c56)C834)cc1. The van der Waals surface area contributed by atoms with Crippen molar-refractivity contribution in [2.75, 3.05) is 0 Å². The summed E-state index contributed by atoms with van der Waals surface area (Å²) in [6.45, 7) is 0. The molecule has 0 aliphatic heterocycles. The molecule has 0 nitrogen and oxygen atoms in total. The number of allylic oxidation sites excluding steroid dienone is 2. The Morgan fingerprint density at radius 2 is 0.267 bits per heavy atom. The maximum atomic E-state index is 2.51. The topological polar surface area (TPSA) is 0 Å². The van der Waals surface area contributed by atoms with Crippen molar-refractivity contribution in [3.63, 3.8) is 0 Å². The summed E-state index contributed by atoms with van der Waals surface area (Å²) < 4.78 is 0. The third-order valence-electron chi connectivity index (χ3n) is 27.4. The molecule has 0 atom stereocenters. The molecular weight excluding hydrogens is 901 g/mol. The van der Waals surface area contributed by atoms with E-state index in [4.69, 9.17) is 0 Å². The van der Waals surface area contributed by atoms with Gasteiger partial charge in [-0.2, -0.15) is 0 Å². The van der Waals surface area contributed by atoms with E-state index in [1.54, 1.807) is 324 Å². The van der Waals surface area contributed by atoms with Crippen LogP contribution in [0.25, 0.3) is 302 Å². The van der Waals surface area contributed by atoms with Gasteiger partial charge in [0.25, 0.3) is 0 Å². The normalized spacial score (nSPS) is 20.3. The lowest BCUT2D eigenvalue weighted by Gasteiger charge is -2.32. The van der Waals surface area contributed by atoms with Crippen molar-refractivity contribution in [2.24, 2.45) is 5.41 Å². The summed E-state index contributed by atoms with van der Waals surface area (Å²) in [6.07, 6.45) is 0. The van der Waals surface area contributed by atoms with Crippen molar-refractivity contribution in [1.29, 1.82) is 0 Å². The van der Waals surface area contributed by atoms with Crippen LogP contribution >= 0.6 is 0 Å². The highest BCUT2D eigenvalue weighted by atomic mass is 15.0. The maximum Gasteiger partial charge on any atom is 0.0528 e. The van der Waals surface area contributed by atoms with Gasteiger partial charge in [-0.3, -0.25) is 0 Å². The van der Waals surface area contributed by atoms with Gasteiger partial charge < -0.3 is 0 Å². The van der Waals surface area contributed by atoms with E-state index in [1.807, 2.05) is 0 Å². The van der Waals surface area contributed by atoms with Crippen LogP contribution in [0.5, 0.6) is 0 Å². The van der Waals surface area contributed by atoms with Crippen molar-refractivity contribution in [1.82, 2.24) is 0 Å². The van der Waals surface area contributed by atoms with E-state index in [2.05, 4.69) is 60.7 Å². The standard InChI is InChI=1S/C75H10/c1-3-7-11(8-4-1)67-68(12-9-5-2-6-10-12)73(67)74-69-59-51-41-31-23-15-13-14-17-21-19(15)27-35-29(21)39-33-25(17)26-18(14)22-20-16(13)24(23)32-38-28(20)36-30(22)40-34(26)44-43(33)53-47(39)57-49(35)55(45(51)37(27)31)63(69)65(57)71-61(53)62-54(44)48(40)58-50(36)56-46(38)52(42(32)41)60(59)70(74)64(56)66(58)72(62)75(71,73)74/h1-10H. The Morgan fingerprint density at radius 3 is 0.413 bits per heavy atom. The molecule has 0 radical (unpaired) electrons. The molecule has 1 fully saturated rings. The van der Waals surface area contributed by atoms with Gasteiger partial charge in [-0.05, 0) is 335 Å². The number of hydrogen-bond acceptors (Lipinski definition) is 0. The second-order valence-electron chi connectivity index (χ2n) is 27.5. The van der Waals surface area contributed by atoms with Gasteiger partial charge in [0.15, 0.2) is 0 Å². The molecule has 30 aromatic rings. The lowest BCUT2D eigenvalue weighted by molar-refractivity contribution is 0.731. The highest BCUT2D eigenvalue weighted by Crippen LogP contribution is 3.05. The summed E-state index contributed by atoms with van der Waals surface area (Å²) in [4.78, 5) is 0. The predicted octanol–water partition coefficient (Wildman–Crippen LogP) is 19.9. The first-order chi connectivity index (χ1) is 37.4. The first kappa shape index (κ1) is 27.6. The Bertz CT molecular complexity index is 7280. The number of rotatable bonds is 2. The summed E-state index contributed by atoms with van der Waals surface area (Å²) in [5.41, 5.74) is 12.6. The Hall–Kier alpha value is -9.36. The zero-order chi connectivity index (χ0) is 44.4. The minimum absolute atomic E-state index is 0.229. The maximum absolute atomic E-state index is 2.51. The lowest BCUT2D eigenvalue weighted by atomic mass is 9.68. The van der Waals surface area contributed by atoms with Gasteiger partial charge in [0.05, 0.1) is 16.2 Å². The van der Waals surface area contributed by atoms with Gasteiger partial charge in [-0.15, -0.1) is 0 Å². The quantitative estimate of drug-likeness (QED) is 0.152. The van der Waals surface area contributed by atoms with Crippen molar-refractivity contribution < 1.29 is 0 Å². The van der Waals surface area contributed by atoms with Crippen LogP contribution in [0.1, 0.15) is 33.4 Å². The molecule has 0 unspecified atom stereocenters. The Balaban J connectivity index is 1.09. The van der Waals surface area contributed by atoms with Crippen LogP contribution in [0.4, 0.5) is 0 Å². The number of benzene rings is 20. The monoisotopic (exact) mass is 910 g/mol. The molecule has 6 aliphatic rings. The number of hydrogen-bond donors (Lipinski definition) is 0. The molecule has 3 spiro atoms. The minimum Gasteiger partial charge on any atom is -0.0622 e. The van der Waals surface area contributed by atoms with Gasteiger partial charge in [0.2, 0.25) is 0 Å². The zero-order valence-electron chi connectivity index (χ0n) is 38.3. The molecule has 310 valence electrons. The third-order valence-corrected chi connectivity index (χ3v) is 27.4. The average Bonchev–Trinajstić information content (AvgIpc) is 2.83. The molecule has 1 saturated carbocycles. The van der Waals surface area contributed by atoms with Gasteiger partial charge in [0.1, 0.15) is 0 Å². The van der Waals surface area contributed by atoms with E-state index in [-0.39, 0.29) is 16.2 Å². The van der Waals surface area contributed by atoms with Crippen LogP contribution in [0, 0.1) is 5.41 Å². The van der Waals surface area contributed by atoms with Gasteiger partial charge in [-0.1, -0.05) is 60.7 Å². The van der Waals surface area contributed by atoms with Crippen LogP contribution in [0.2, 0.25) is 0 Å². The molecule has 36 rings (SSSR count). The molecular formula is C75H10. The van der Waals surface area contributed by atoms with E-state index < -0.39 is 0 Å². The minimum atomic E-state index is -0.262. The highest BCUT2D eigenvalue weighted by Gasteiger charge is 3.00. The van der Waals surface area contributed by atoms with Gasteiger partial charge in [-0.25, -0.2) is 0 Å². The smallest absolute Gasteiger partial charge is 0.0528 e. The van der Waals surface area contributed by atoms with Crippen LogP contribution < -0.4 is 0 Å². The third kappa shape index (κ3) is 1.45. The fraction of sp³-hybridized carbons (Fsp3) is 0.0400. The van der Waals surface area contributed by atoms with Crippen LogP contribution in [0.15, 0.2) is 60.7 Å². The van der Waals surface area contributed by atoms with Crippen molar-refractivity contribution in [3.8, 4) is 0 Å². The van der Waals surface area contributed by atoms with E-state index >= 15 is 0 Å². The fourth-order valence-corrected chi connectivity index (χ4v) is 27.5. The second kappa shape index (κ2) is 6.25. The Labute approximate surface area is 409 Å². The Kier molecular flexibility index (Phi) is 2.30. The molecule has 0 N–H and O–H groups in total. The molecule has 0 heteroatoms. The molecule has 0 saturated heterocycles. The van der Waals surface area contributed by atoms with E-state index in [0.29, 0.717) is 0 Å². The van der Waals surface area contributed by atoms with Crippen molar-refractivity contribution in [2.45, 2.75) is 10.8 Å². The highest BCUT2D eigenvalue weighted by molar-refractivity contribution is 6.82. The lowest BCUT2D eigenvalue weighted by Crippen LogP contribution is -2.27. The molecule has 30 aromatic carbocycles. The van der Waals surface area contributed by atoms with Crippen molar-refractivity contribution >= 4 is 302 Å². The van der Waals surface area contributed by atoms with E-state index in [0.717, 1.165) is 0 Å². The first-order valence-electron chi connectivity index (χ1n) is 28.1. The summed E-state index contributed by atoms with van der Waals surface area (Å²) in [6, 6.07) is 24.0. The summed E-state index contributed by atoms with van der Waals surface area (Å²) in [5, 5.41) is 90.5. The Morgan fingerprint density at radius 1 is 0.133 bits per heavy atom. The molecule has 0 bridgehead atoms. The summed E-state index contributed by atoms with van der Waals surface area (Å²) in [5.74, 6) is 0. The zero-order valence-corrected chi connectivity index (χ0v) is 38.3. The van der Waals surface area contributed by atoms with Crippen LogP contribution in [0.3, 0.4) is 0 Å². The molecule has 0 amide bonds. The van der Waals surface area contributed by atoms with Gasteiger partial charge >= 0.3 is 0 Å². The summed E-state index contributed by atoms with van der Waals surface area (Å²) in [7, 11) is 0. The molecule has 0 aromatic heterocycles. The fourth-order valence-electron chi connectivity index (χ4n) is 27.5. The molecule has 6 aliphatic carbocycles. The predicted molar refractivity (Wildman–Crippen MR) is 316 cm³/mol. The van der Waals surface area contributed by atoms with E-state index in [1.165, 1.54) is 11.1 Å². The van der Waals surface area contributed by atoms with E-state index in [9.17, 15) is 0 Å². The van der Waals surface area contributed by atoms with Gasteiger partial charge in [0, 0.05) is 0 Å². The van der Waals surface area contributed by atoms with Crippen LogP contribution in [-0.2, 0) is 10.8 Å². The van der Waals surface area contributed by atoms with Crippen molar-refractivity contribution in [3.05, 3.63) is 94.0 Å². The summed E-state index contributed by atoms with van der Waals surface area (Å²) >= 11 is 0.